The molecule has 1 aliphatic heterocycles. The highest BCUT2D eigenvalue weighted by Crippen LogP contribution is 2.22. The molecule has 0 unspecified atom stereocenters. The van der Waals surface area contributed by atoms with E-state index in [1.54, 1.807) is 19.1 Å². The Balaban J connectivity index is 1.71. The third-order valence-corrected chi connectivity index (χ3v) is 5.61. The van der Waals surface area contributed by atoms with Crippen molar-refractivity contribution in [3.05, 3.63) is 40.3 Å². The Kier molecular flexibility index (Phi) is 7.90. The number of likely N-dealkylation sites (tertiary alicyclic amines) is 1. The lowest BCUT2D eigenvalue weighted by atomic mass is 9.94. The average molecular weight is 413 g/mol. The number of allylic oxidation sites excluding steroid dienone is 1. The maximum absolute atomic E-state index is 12.9. The minimum absolute atomic E-state index is 0.0391. The quantitative estimate of drug-likeness (QED) is 0.660. The fourth-order valence-electron chi connectivity index (χ4n) is 3.00. The monoisotopic (exact) mass is 412 g/mol. The minimum Gasteiger partial charge on any atom is -0.494 e. The summed E-state index contributed by atoms with van der Waals surface area (Å²) in [6.45, 7) is 5.02. The molecule has 1 saturated heterocycles. The van der Waals surface area contributed by atoms with Gasteiger partial charge in [-0.25, -0.2) is 4.39 Å². The van der Waals surface area contributed by atoms with E-state index in [1.165, 1.54) is 12.1 Å². The molecule has 0 radical (unpaired) electrons. The molecule has 1 aliphatic rings. The number of carbonyl (C=O) groups excluding carboxylic acids is 1. The first-order valence-corrected chi connectivity index (χ1v) is 9.47. The van der Waals surface area contributed by atoms with Crippen molar-refractivity contribution in [2.24, 2.45) is 5.92 Å². The smallest absolute Gasteiger partial charge is 0.168 e. The lowest BCUT2D eigenvalue weighted by molar-refractivity contribution is -0.113. The van der Waals surface area contributed by atoms with Crippen LogP contribution in [-0.4, -0.2) is 44.0 Å². The number of ether oxygens (including phenoxy) is 1. The molecule has 1 aromatic rings. The number of ketones is 1. The number of hydrogen-bond donors (Lipinski definition) is 1. The maximum atomic E-state index is 12.9. The number of piperidine rings is 1. The lowest BCUT2D eigenvalue weighted by Crippen LogP contribution is -2.37. The van der Waals surface area contributed by atoms with Crippen molar-refractivity contribution in [1.29, 1.82) is 0 Å². The summed E-state index contributed by atoms with van der Waals surface area (Å²) in [5, 5.41) is 3.12. The second-order valence-corrected chi connectivity index (χ2v) is 7.20. The second-order valence-electron chi connectivity index (χ2n) is 6.41. The van der Waals surface area contributed by atoms with E-state index < -0.39 is 0 Å². The molecule has 1 fully saturated rings. The number of halogens is 2. The van der Waals surface area contributed by atoms with Crippen LogP contribution >= 0.6 is 15.9 Å². The molecule has 4 nitrogen and oxygen atoms in total. The molecule has 0 saturated carbocycles. The van der Waals surface area contributed by atoms with Crippen molar-refractivity contribution in [3.8, 4) is 5.75 Å². The van der Waals surface area contributed by atoms with Gasteiger partial charge in [0.05, 0.1) is 11.1 Å². The minimum atomic E-state index is -0.244. The van der Waals surface area contributed by atoms with Crippen molar-refractivity contribution >= 4 is 21.7 Å². The van der Waals surface area contributed by atoms with E-state index in [1.807, 2.05) is 7.05 Å². The fraction of sp³-hybridized carbons (Fsp3) is 0.526. The molecule has 0 amide bonds. The summed E-state index contributed by atoms with van der Waals surface area (Å²) in [5.74, 6) is 1.16. The summed E-state index contributed by atoms with van der Waals surface area (Å²) in [5.41, 5.74) is 0.936. The largest absolute Gasteiger partial charge is 0.494 e. The van der Waals surface area contributed by atoms with Crippen LogP contribution in [0, 0.1) is 11.7 Å². The van der Waals surface area contributed by atoms with Gasteiger partial charge < -0.3 is 10.1 Å². The number of nitrogens with zero attached hydrogens (tertiary/aromatic N) is 1. The van der Waals surface area contributed by atoms with E-state index >= 15 is 0 Å². The number of Topliss-reactive ketones (excluding diaryl/α,β-unsaturated/α-hetero) is 1. The Morgan fingerprint density at radius 1 is 1.32 bits per heavy atom. The standard InChI is InChI=1S/C19H26BrFN2O2/c1-14(24)19(20)18(22-2)13-23-10-7-15(8-11-23)9-12-25-17-5-3-16(21)4-6-17/h3-6,15,22H,7-13H2,1-2H3/b19-18+. The van der Waals surface area contributed by atoms with Crippen LogP contribution in [0.4, 0.5) is 4.39 Å². The molecule has 1 heterocycles. The Morgan fingerprint density at radius 3 is 2.52 bits per heavy atom. The van der Waals surface area contributed by atoms with Gasteiger partial charge in [-0.1, -0.05) is 0 Å². The SMILES string of the molecule is CN/C(CN1CCC(CCOc2ccc(F)cc2)CC1)=C(/Br)C(C)=O. The van der Waals surface area contributed by atoms with Crippen molar-refractivity contribution in [3.63, 3.8) is 0 Å². The van der Waals surface area contributed by atoms with Crippen LogP contribution in [-0.2, 0) is 4.79 Å². The maximum Gasteiger partial charge on any atom is 0.168 e. The summed E-state index contributed by atoms with van der Waals surface area (Å²) in [6, 6.07) is 6.16. The van der Waals surface area contributed by atoms with Gasteiger partial charge in [0.25, 0.3) is 0 Å². The van der Waals surface area contributed by atoms with Gasteiger partial charge in [-0.2, -0.15) is 0 Å². The van der Waals surface area contributed by atoms with Gasteiger partial charge in [-0.3, -0.25) is 9.69 Å². The highest BCUT2D eigenvalue weighted by Gasteiger charge is 2.21. The molecule has 138 valence electrons. The average Bonchev–Trinajstić information content (AvgIpc) is 2.62. The molecule has 25 heavy (non-hydrogen) atoms. The van der Waals surface area contributed by atoms with Crippen LogP contribution in [0.2, 0.25) is 0 Å². The topological polar surface area (TPSA) is 41.6 Å². The number of carbonyl (C=O) groups is 1. The zero-order chi connectivity index (χ0) is 18.2. The number of benzene rings is 1. The van der Waals surface area contributed by atoms with E-state index in [9.17, 15) is 9.18 Å². The molecule has 0 atom stereocenters. The van der Waals surface area contributed by atoms with Gasteiger partial charge in [0.1, 0.15) is 11.6 Å². The van der Waals surface area contributed by atoms with Crippen LogP contribution in [0.1, 0.15) is 26.2 Å². The molecule has 1 aromatic carbocycles. The van der Waals surface area contributed by atoms with Crippen molar-refractivity contribution < 1.29 is 13.9 Å². The van der Waals surface area contributed by atoms with E-state index in [-0.39, 0.29) is 11.6 Å². The third kappa shape index (κ3) is 6.44. The van der Waals surface area contributed by atoms with E-state index in [0.29, 0.717) is 17.0 Å². The van der Waals surface area contributed by atoms with Gasteiger partial charge in [0.2, 0.25) is 0 Å². The fourth-order valence-corrected chi connectivity index (χ4v) is 3.33. The molecule has 1 N–H and O–H groups in total. The zero-order valence-electron chi connectivity index (χ0n) is 14.9. The molecular weight excluding hydrogens is 387 g/mol. The summed E-state index contributed by atoms with van der Waals surface area (Å²) >= 11 is 3.37. The van der Waals surface area contributed by atoms with Gasteiger partial charge in [0.15, 0.2) is 5.78 Å². The van der Waals surface area contributed by atoms with E-state index in [4.69, 9.17) is 4.74 Å². The molecule has 0 bridgehead atoms. The molecule has 6 heteroatoms. The normalized spacial score (nSPS) is 17.1. The first kappa shape index (κ1) is 19.9. The van der Waals surface area contributed by atoms with Crippen LogP contribution in [0.15, 0.2) is 34.4 Å². The molecule has 0 spiro atoms. The first-order valence-electron chi connectivity index (χ1n) is 8.67. The van der Waals surface area contributed by atoms with Gasteiger partial charge in [-0.05, 0) is 85.4 Å². The second kappa shape index (κ2) is 9.92. The molecule has 0 aromatic heterocycles. The Bertz CT molecular complexity index is 596. The van der Waals surface area contributed by atoms with Crippen LogP contribution < -0.4 is 10.1 Å². The summed E-state index contributed by atoms with van der Waals surface area (Å²) in [7, 11) is 1.85. The Morgan fingerprint density at radius 2 is 1.96 bits per heavy atom. The number of likely N-dealkylation sites (N-methyl/N-ethyl adjacent to an activating group) is 1. The summed E-state index contributed by atoms with van der Waals surface area (Å²) < 4.78 is 19.2. The highest BCUT2D eigenvalue weighted by molar-refractivity contribution is 9.12. The Labute approximate surface area is 157 Å². The molecular formula is C19H26BrFN2O2. The zero-order valence-corrected chi connectivity index (χ0v) is 16.4. The van der Waals surface area contributed by atoms with Crippen LogP contribution in [0.25, 0.3) is 0 Å². The van der Waals surface area contributed by atoms with Gasteiger partial charge in [-0.15, -0.1) is 0 Å². The first-order chi connectivity index (χ1) is 12.0. The van der Waals surface area contributed by atoms with Crippen LogP contribution in [0.5, 0.6) is 5.75 Å². The van der Waals surface area contributed by atoms with Crippen molar-refractivity contribution in [2.45, 2.75) is 26.2 Å². The number of rotatable bonds is 8. The lowest BCUT2D eigenvalue weighted by Gasteiger charge is -2.32. The van der Waals surface area contributed by atoms with Gasteiger partial charge >= 0.3 is 0 Å². The molecule has 2 rings (SSSR count). The van der Waals surface area contributed by atoms with E-state index in [2.05, 4.69) is 26.1 Å². The number of hydrogen-bond acceptors (Lipinski definition) is 4. The Hall–Kier alpha value is -1.40. The van der Waals surface area contributed by atoms with Crippen molar-refractivity contribution in [1.82, 2.24) is 10.2 Å². The van der Waals surface area contributed by atoms with Crippen LogP contribution in [0.3, 0.4) is 0 Å². The van der Waals surface area contributed by atoms with E-state index in [0.717, 1.165) is 50.3 Å². The number of nitrogens with one attached hydrogen (secondary N) is 1. The predicted molar refractivity (Wildman–Crippen MR) is 101 cm³/mol. The summed E-state index contributed by atoms with van der Waals surface area (Å²) in [6.07, 6.45) is 3.26. The third-order valence-electron chi connectivity index (χ3n) is 4.57. The molecule has 0 aliphatic carbocycles. The van der Waals surface area contributed by atoms with Crippen molar-refractivity contribution in [2.75, 3.05) is 33.3 Å². The predicted octanol–water partition coefficient (Wildman–Crippen LogP) is 3.72. The summed E-state index contributed by atoms with van der Waals surface area (Å²) in [4.78, 5) is 13.9. The highest BCUT2D eigenvalue weighted by atomic mass is 79.9. The van der Waals surface area contributed by atoms with Gasteiger partial charge in [0, 0.05) is 19.3 Å².